The highest BCUT2D eigenvalue weighted by molar-refractivity contribution is 5.76. The van der Waals surface area contributed by atoms with E-state index in [1.165, 1.54) is 11.1 Å². The maximum atomic E-state index is 12.3. The monoisotopic (exact) mass is 289 g/mol. The van der Waals surface area contributed by atoms with Crippen LogP contribution in [-0.2, 0) is 11.2 Å². The summed E-state index contributed by atoms with van der Waals surface area (Å²) in [6.45, 7) is 5.70. The first kappa shape index (κ1) is 16.0. The van der Waals surface area contributed by atoms with Gasteiger partial charge in [0.15, 0.2) is 0 Å². The van der Waals surface area contributed by atoms with Crippen LogP contribution in [-0.4, -0.2) is 35.1 Å². The number of aryl methyl sites for hydroxylation is 2. The van der Waals surface area contributed by atoms with Gasteiger partial charge in [-0.15, -0.1) is 0 Å². The number of amides is 1. The lowest BCUT2D eigenvalue weighted by Crippen LogP contribution is -2.41. The van der Waals surface area contributed by atoms with Crippen molar-refractivity contribution in [1.82, 2.24) is 4.90 Å². The van der Waals surface area contributed by atoms with Gasteiger partial charge >= 0.3 is 0 Å². The summed E-state index contributed by atoms with van der Waals surface area (Å²) in [5.41, 5.74) is 2.48. The van der Waals surface area contributed by atoms with Crippen molar-refractivity contribution in [2.75, 3.05) is 13.1 Å². The van der Waals surface area contributed by atoms with Gasteiger partial charge in [-0.2, -0.15) is 0 Å². The van der Waals surface area contributed by atoms with Crippen molar-refractivity contribution in [1.29, 1.82) is 0 Å². The molecule has 1 atom stereocenters. The van der Waals surface area contributed by atoms with Gasteiger partial charge in [0.05, 0.1) is 6.10 Å². The van der Waals surface area contributed by atoms with Crippen LogP contribution in [0.25, 0.3) is 0 Å². The predicted molar refractivity (Wildman–Crippen MR) is 85.1 cm³/mol. The van der Waals surface area contributed by atoms with Gasteiger partial charge in [-0.25, -0.2) is 0 Å². The van der Waals surface area contributed by atoms with Gasteiger partial charge in [0, 0.05) is 19.5 Å². The first-order chi connectivity index (χ1) is 10.1. The van der Waals surface area contributed by atoms with Crippen molar-refractivity contribution in [3.05, 3.63) is 35.4 Å². The predicted octanol–water partition coefficient (Wildman–Crippen LogP) is 2.94. The summed E-state index contributed by atoms with van der Waals surface area (Å²) in [6, 6.07) is 8.36. The number of likely N-dealkylation sites (tertiary alicyclic amines) is 1. The zero-order valence-corrected chi connectivity index (χ0v) is 13.2. The molecule has 116 valence electrons. The van der Waals surface area contributed by atoms with Gasteiger partial charge < -0.3 is 10.0 Å². The Kier molecular flexibility index (Phi) is 5.80. The van der Waals surface area contributed by atoms with E-state index in [2.05, 4.69) is 25.1 Å². The summed E-state index contributed by atoms with van der Waals surface area (Å²) < 4.78 is 0. The van der Waals surface area contributed by atoms with Gasteiger partial charge in [-0.1, -0.05) is 36.8 Å². The average molecular weight is 289 g/mol. The molecule has 1 N–H and O–H groups in total. The molecule has 0 spiro atoms. The van der Waals surface area contributed by atoms with Crippen LogP contribution >= 0.6 is 0 Å². The van der Waals surface area contributed by atoms with Crippen LogP contribution in [0.15, 0.2) is 24.3 Å². The van der Waals surface area contributed by atoms with Gasteiger partial charge in [-0.05, 0) is 44.1 Å². The second kappa shape index (κ2) is 7.60. The number of aliphatic hydroxyl groups excluding tert-OH is 1. The van der Waals surface area contributed by atoms with Crippen LogP contribution in [0.5, 0.6) is 0 Å². The molecule has 1 aliphatic heterocycles. The van der Waals surface area contributed by atoms with Crippen molar-refractivity contribution in [2.45, 2.75) is 52.1 Å². The molecule has 2 rings (SSSR count). The van der Waals surface area contributed by atoms with Gasteiger partial charge in [-0.3, -0.25) is 4.79 Å². The Morgan fingerprint density at radius 1 is 1.38 bits per heavy atom. The number of hydrogen-bond donors (Lipinski definition) is 1. The molecule has 21 heavy (non-hydrogen) atoms. The Balaban J connectivity index is 1.77. The zero-order chi connectivity index (χ0) is 15.2. The minimum atomic E-state index is -0.199. The highest BCUT2D eigenvalue weighted by Gasteiger charge is 2.26. The van der Waals surface area contributed by atoms with Crippen molar-refractivity contribution < 1.29 is 9.90 Å². The molecule has 1 saturated heterocycles. The standard InChI is InChI=1S/C18H27NO2/c1-3-17(20)16-9-11-19(12-10-16)18(21)8-7-15-6-4-5-14(2)13-15/h4-6,13,16-17,20H,3,7-12H2,1-2H3. The number of piperidine rings is 1. The summed E-state index contributed by atoms with van der Waals surface area (Å²) in [7, 11) is 0. The minimum absolute atomic E-state index is 0.199. The van der Waals surface area contributed by atoms with Gasteiger partial charge in [0.2, 0.25) is 5.91 Å². The van der Waals surface area contributed by atoms with E-state index < -0.39 is 0 Å². The number of hydrogen-bond acceptors (Lipinski definition) is 2. The Morgan fingerprint density at radius 3 is 2.71 bits per heavy atom. The third kappa shape index (κ3) is 4.57. The number of carbonyl (C=O) groups is 1. The summed E-state index contributed by atoms with van der Waals surface area (Å²) in [6.07, 6.45) is 3.89. The normalized spacial score (nSPS) is 17.8. The summed E-state index contributed by atoms with van der Waals surface area (Å²) in [4.78, 5) is 14.2. The van der Waals surface area contributed by atoms with Crippen molar-refractivity contribution >= 4 is 5.91 Å². The molecule has 1 heterocycles. The van der Waals surface area contributed by atoms with E-state index >= 15 is 0 Å². The second-order valence-corrected chi connectivity index (χ2v) is 6.18. The summed E-state index contributed by atoms with van der Waals surface area (Å²) in [5, 5.41) is 9.88. The average Bonchev–Trinajstić information content (AvgIpc) is 2.52. The van der Waals surface area contributed by atoms with E-state index in [-0.39, 0.29) is 12.0 Å². The van der Waals surface area contributed by atoms with E-state index in [9.17, 15) is 9.90 Å². The van der Waals surface area contributed by atoms with E-state index in [1.54, 1.807) is 0 Å². The number of rotatable bonds is 5. The smallest absolute Gasteiger partial charge is 0.222 e. The van der Waals surface area contributed by atoms with E-state index in [0.29, 0.717) is 12.3 Å². The van der Waals surface area contributed by atoms with Gasteiger partial charge in [0.1, 0.15) is 0 Å². The molecule has 3 heteroatoms. The van der Waals surface area contributed by atoms with Crippen LogP contribution < -0.4 is 0 Å². The topological polar surface area (TPSA) is 40.5 Å². The molecular formula is C18H27NO2. The number of aliphatic hydroxyl groups is 1. The molecule has 0 radical (unpaired) electrons. The highest BCUT2D eigenvalue weighted by atomic mass is 16.3. The number of benzene rings is 1. The maximum Gasteiger partial charge on any atom is 0.222 e. The molecule has 1 aliphatic rings. The highest BCUT2D eigenvalue weighted by Crippen LogP contribution is 2.23. The number of carbonyl (C=O) groups excluding carboxylic acids is 1. The van der Waals surface area contributed by atoms with Crippen LogP contribution in [0.2, 0.25) is 0 Å². The Bertz CT molecular complexity index is 464. The lowest BCUT2D eigenvalue weighted by Gasteiger charge is -2.34. The molecular weight excluding hydrogens is 262 g/mol. The molecule has 3 nitrogen and oxygen atoms in total. The lowest BCUT2D eigenvalue weighted by molar-refractivity contribution is -0.133. The van der Waals surface area contributed by atoms with E-state index in [1.807, 2.05) is 17.9 Å². The fourth-order valence-electron chi connectivity index (χ4n) is 3.14. The third-order valence-electron chi connectivity index (χ3n) is 4.56. The Hall–Kier alpha value is -1.35. The zero-order valence-electron chi connectivity index (χ0n) is 13.2. The Morgan fingerprint density at radius 2 is 2.10 bits per heavy atom. The van der Waals surface area contributed by atoms with Crippen molar-refractivity contribution in [2.24, 2.45) is 5.92 Å². The Labute approximate surface area is 128 Å². The van der Waals surface area contributed by atoms with E-state index in [0.717, 1.165) is 38.8 Å². The van der Waals surface area contributed by atoms with Gasteiger partial charge in [0.25, 0.3) is 0 Å². The van der Waals surface area contributed by atoms with Crippen LogP contribution in [0.4, 0.5) is 0 Å². The number of nitrogens with zero attached hydrogens (tertiary/aromatic N) is 1. The SMILES string of the molecule is CCC(O)C1CCN(C(=O)CCc2cccc(C)c2)CC1. The van der Waals surface area contributed by atoms with E-state index in [4.69, 9.17) is 0 Å². The second-order valence-electron chi connectivity index (χ2n) is 6.18. The quantitative estimate of drug-likeness (QED) is 0.905. The largest absolute Gasteiger partial charge is 0.393 e. The molecule has 1 fully saturated rings. The molecule has 1 aromatic carbocycles. The molecule has 1 amide bonds. The minimum Gasteiger partial charge on any atom is -0.393 e. The van der Waals surface area contributed by atoms with Crippen molar-refractivity contribution in [3.63, 3.8) is 0 Å². The maximum absolute atomic E-state index is 12.3. The van der Waals surface area contributed by atoms with Crippen LogP contribution in [0.1, 0.15) is 43.7 Å². The molecule has 0 aromatic heterocycles. The van der Waals surface area contributed by atoms with Crippen molar-refractivity contribution in [3.8, 4) is 0 Å². The molecule has 0 bridgehead atoms. The molecule has 0 saturated carbocycles. The molecule has 0 aliphatic carbocycles. The lowest BCUT2D eigenvalue weighted by atomic mass is 9.90. The fourth-order valence-corrected chi connectivity index (χ4v) is 3.14. The summed E-state index contributed by atoms with van der Waals surface area (Å²) >= 11 is 0. The molecule has 1 aromatic rings. The summed E-state index contributed by atoms with van der Waals surface area (Å²) in [5.74, 6) is 0.622. The molecule has 1 unspecified atom stereocenters. The third-order valence-corrected chi connectivity index (χ3v) is 4.56. The first-order valence-electron chi connectivity index (χ1n) is 8.11. The van der Waals surface area contributed by atoms with Crippen LogP contribution in [0, 0.1) is 12.8 Å². The fraction of sp³-hybridized carbons (Fsp3) is 0.611. The van der Waals surface area contributed by atoms with Crippen LogP contribution in [0.3, 0.4) is 0 Å². The first-order valence-corrected chi connectivity index (χ1v) is 8.11.